The quantitative estimate of drug-likeness (QED) is 0.684. The Hall–Kier alpha value is -1.88. The summed E-state index contributed by atoms with van der Waals surface area (Å²) in [6.45, 7) is 0. The van der Waals surface area contributed by atoms with E-state index in [1.807, 2.05) is 24.3 Å². The highest BCUT2D eigenvalue weighted by Gasteiger charge is 2.16. The van der Waals surface area contributed by atoms with Crippen molar-refractivity contribution >= 4 is 16.9 Å². The third-order valence-corrected chi connectivity index (χ3v) is 2.22. The maximum Gasteiger partial charge on any atom is 0.332 e. The van der Waals surface area contributed by atoms with Gasteiger partial charge in [0.05, 0.1) is 5.52 Å². The Morgan fingerprint density at radius 2 is 2.20 bits per heavy atom. The number of aliphatic hydroxyl groups is 1. The molecule has 1 aromatic carbocycles. The van der Waals surface area contributed by atoms with E-state index in [9.17, 15) is 9.90 Å². The summed E-state index contributed by atoms with van der Waals surface area (Å²) in [5.41, 5.74) is 1.41. The van der Waals surface area contributed by atoms with Crippen LogP contribution in [0.25, 0.3) is 10.9 Å². The molecule has 0 radical (unpaired) electrons. The highest BCUT2D eigenvalue weighted by Crippen LogP contribution is 2.16. The predicted molar refractivity (Wildman–Crippen MR) is 53.4 cm³/mol. The lowest BCUT2D eigenvalue weighted by Gasteiger charge is -2.02. The molecule has 3 N–H and O–H groups in total. The molecule has 0 bridgehead atoms. The summed E-state index contributed by atoms with van der Waals surface area (Å²) in [6, 6.07) is 7.35. The van der Waals surface area contributed by atoms with Crippen LogP contribution in [0.2, 0.25) is 0 Å². The predicted octanol–water partition coefficient (Wildman–Crippen LogP) is 0.551. The van der Waals surface area contributed by atoms with Crippen LogP contribution >= 0.6 is 0 Å². The van der Waals surface area contributed by atoms with Gasteiger partial charge in [0.2, 0.25) is 0 Å². The summed E-state index contributed by atoms with van der Waals surface area (Å²) in [4.78, 5) is 10.5. The van der Waals surface area contributed by atoms with E-state index in [1.165, 1.54) is 0 Å². The molecular formula is C10H10N2O3. The van der Waals surface area contributed by atoms with Crippen LogP contribution in [0.15, 0.2) is 24.3 Å². The first-order valence-corrected chi connectivity index (χ1v) is 4.51. The molecule has 0 aliphatic carbocycles. The molecule has 15 heavy (non-hydrogen) atoms. The number of aromatic nitrogens is 2. The molecular weight excluding hydrogens is 196 g/mol. The standard InChI is InChI=1S/C10H10N2O3/c13-9(10(14)15)5-8-6-3-1-2-4-7(6)11-12-8/h1-4,9,13H,5H2,(H,11,12)(H,14,15). The van der Waals surface area contributed by atoms with Crippen LogP contribution in [0.5, 0.6) is 0 Å². The van der Waals surface area contributed by atoms with E-state index in [0.29, 0.717) is 5.69 Å². The van der Waals surface area contributed by atoms with E-state index in [-0.39, 0.29) is 6.42 Å². The van der Waals surface area contributed by atoms with Crippen molar-refractivity contribution in [2.24, 2.45) is 0 Å². The Balaban J connectivity index is 2.32. The van der Waals surface area contributed by atoms with Crippen LogP contribution in [0.3, 0.4) is 0 Å². The number of nitrogens with one attached hydrogen (secondary N) is 1. The van der Waals surface area contributed by atoms with E-state index < -0.39 is 12.1 Å². The molecule has 0 saturated heterocycles. The summed E-state index contributed by atoms with van der Waals surface area (Å²) in [6.07, 6.45) is -1.36. The van der Waals surface area contributed by atoms with Gasteiger partial charge in [0, 0.05) is 17.5 Å². The maximum absolute atomic E-state index is 10.5. The fourth-order valence-corrected chi connectivity index (χ4v) is 1.45. The Bertz CT molecular complexity index is 492. The number of hydrogen-bond donors (Lipinski definition) is 3. The maximum atomic E-state index is 10.5. The number of fused-ring (bicyclic) bond motifs is 1. The highest BCUT2D eigenvalue weighted by molar-refractivity contribution is 5.82. The molecule has 0 aliphatic heterocycles. The third-order valence-electron chi connectivity index (χ3n) is 2.22. The van der Waals surface area contributed by atoms with Crippen molar-refractivity contribution in [2.75, 3.05) is 0 Å². The number of nitrogens with zero attached hydrogens (tertiary/aromatic N) is 1. The third kappa shape index (κ3) is 1.82. The lowest BCUT2D eigenvalue weighted by molar-refractivity contribution is -0.146. The number of aliphatic hydroxyl groups excluding tert-OH is 1. The summed E-state index contributed by atoms with van der Waals surface area (Å²) in [7, 11) is 0. The van der Waals surface area contributed by atoms with E-state index >= 15 is 0 Å². The lowest BCUT2D eigenvalue weighted by Crippen LogP contribution is -2.22. The molecule has 5 nitrogen and oxygen atoms in total. The summed E-state index contributed by atoms with van der Waals surface area (Å²) < 4.78 is 0. The SMILES string of the molecule is O=C(O)C(O)Cc1[nH]nc2ccccc12. The summed E-state index contributed by atoms with van der Waals surface area (Å²) in [5, 5.41) is 25.4. The molecule has 0 amide bonds. The number of hydrogen-bond acceptors (Lipinski definition) is 3. The number of benzene rings is 1. The lowest BCUT2D eigenvalue weighted by atomic mass is 10.1. The van der Waals surface area contributed by atoms with Crippen molar-refractivity contribution in [3.63, 3.8) is 0 Å². The van der Waals surface area contributed by atoms with E-state index in [0.717, 1.165) is 10.9 Å². The van der Waals surface area contributed by atoms with Gasteiger partial charge in [0.25, 0.3) is 0 Å². The Morgan fingerprint density at radius 1 is 1.47 bits per heavy atom. The zero-order chi connectivity index (χ0) is 10.8. The average Bonchev–Trinajstić information content (AvgIpc) is 2.62. The van der Waals surface area contributed by atoms with Gasteiger partial charge in [-0.1, -0.05) is 18.2 Å². The van der Waals surface area contributed by atoms with E-state index in [1.54, 1.807) is 0 Å². The number of carbonyl (C=O) groups is 1. The monoisotopic (exact) mass is 206 g/mol. The molecule has 1 atom stereocenters. The minimum Gasteiger partial charge on any atom is -0.479 e. The van der Waals surface area contributed by atoms with Crippen molar-refractivity contribution in [3.8, 4) is 0 Å². The fraction of sp³-hybridized carbons (Fsp3) is 0.200. The van der Waals surface area contributed by atoms with Crippen LogP contribution in [0.4, 0.5) is 0 Å². The van der Waals surface area contributed by atoms with E-state index in [4.69, 9.17) is 5.11 Å². The van der Waals surface area contributed by atoms with Crippen molar-refractivity contribution < 1.29 is 15.0 Å². The second-order valence-electron chi connectivity index (χ2n) is 3.28. The van der Waals surface area contributed by atoms with Gasteiger partial charge >= 0.3 is 5.97 Å². The molecule has 1 aromatic heterocycles. The molecule has 0 saturated carbocycles. The highest BCUT2D eigenvalue weighted by atomic mass is 16.4. The molecule has 2 aromatic rings. The number of para-hydroxylation sites is 1. The fourth-order valence-electron chi connectivity index (χ4n) is 1.45. The van der Waals surface area contributed by atoms with Crippen LogP contribution in [-0.4, -0.2) is 32.5 Å². The van der Waals surface area contributed by atoms with Gasteiger partial charge in [-0.3, -0.25) is 5.10 Å². The number of aliphatic carboxylic acids is 1. The summed E-state index contributed by atoms with van der Waals surface area (Å²) in [5.74, 6) is -1.23. The van der Waals surface area contributed by atoms with Gasteiger partial charge in [-0.05, 0) is 6.07 Å². The molecule has 78 valence electrons. The van der Waals surface area contributed by atoms with Gasteiger partial charge in [-0.25, -0.2) is 4.79 Å². The van der Waals surface area contributed by atoms with Crippen molar-refractivity contribution in [3.05, 3.63) is 30.0 Å². The summed E-state index contributed by atoms with van der Waals surface area (Å²) >= 11 is 0. The van der Waals surface area contributed by atoms with Crippen molar-refractivity contribution in [2.45, 2.75) is 12.5 Å². The van der Waals surface area contributed by atoms with Crippen LogP contribution in [0, 0.1) is 0 Å². The first-order valence-electron chi connectivity index (χ1n) is 4.51. The van der Waals surface area contributed by atoms with Gasteiger partial charge in [0.1, 0.15) is 0 Å². The second-order valence-corrected chi connectivity index (χ2v) is 3.28. The van der Waals surface area contributed by atoms with Gasteiger partial charge in [0.15, 0.2) is 6.10 Å². The number of H-pyrrole nitrogens is 1. The molecule has 0 spiro atoms. The first kappa shape index (κ1) is 9.67. The van der Waals surface area contributed by atoms with Crippen LogP contribution < -0.4 is 0 Å². The normalized spacial score (nSPS) is 12.9. The largest absolute Gasteiger partial charge is 0.479 e. The molecule has 2 rings (SSSR count). The minimum atomic E-state index is -1.39. The Kier molecular flexibility index (Phi) is 2.39. The zero-order valence-electron chi connectivity index (χ0n) is 7.84. The number of rotatable bonds is 3. The number of carboxylic acids is 1. The van der Waals surface area contributed by atoms with Gasteiger partial charge in [-0.15, -0.1) is 0 Å². The topological polar surface area (TPSA) is 86.2 Å². The van der Waals surface area contributed by atoms with E-state index in [2.05, 4.69) is 10.2 Å². The van der Waals surface area contributed by atoms with Crippen molar-refractivity contribution in [1.29, 1.82) is 0 Å². The Morgan fingerprint density at radius 3 is 2.93 bits per heavy atom. The number of aromatic amines is 1. The number of carboxylic acid groups (broad SMARTS) is 1. The molecule has 0 fully saturated rings. The van der Waals surface area contributed by atoms with Gasteiger partial charge < -0.3 is 10.2 Å². The first-order chi connectivity index (χ1) is 7.18. The van der Waals surface area contributed by atoms with Crippen molar-refractivity contribution in [1.82, 2.24) is 10.2 Å². The van der Waals surface area contributed by atoms with Crippen LogP contribution in [0.1, 0.15) is 5.69 Å². The van der Waals surface area contributed by atoms with Gasteiger partial charge in [-0.2, -0.15) is 5.10 Å². The molecule has 0 aliphatic rings. The molecule has 1 heterocycles. The molecule has 1 unspecified atom stereocenters. The smallest absolute Gasteiger partial charge is 0.332 e. The molecule has 5 heteroatoms. The Labute approximate surface area is 85.4 Å². The average molecular weight is 206 g/mol. The second kappa shape index (κ2) is 3.70. The minimum absolute atomic E-state index is 0.0375. The zero-order valence-corrected chi connectivity index (χ0v) is 7.84. The van der Waals surface area contributed by atoms with Crippen LogP contribution in [-0.2, 0) is 11.2 Å².